The summed E-state index contributed by atoms with van der Waals surface area (Å²) in [4.78, 5) is 7.13. The highest BCUT2D eigenvalue weighted by molar-refractivity contribution is 5.59. The van der Waals surface area contributed by atoms with Gasteiger partial charge in [0.05, 0.1) is 11.4 Å². The van der Waals surface area contributed by atoms with Gasteiger partial charge in [-0.3, -0.25) is 0 Å². The Morgan fingerprint density at radius 3 is 2.25 bits per heavy atom. The van der Waals surface area contributed by atoms with Crippen molar-refractivity contribution in [1.82, 2.24) is 4.98 Å². The number of aryl methyl sites for hydroxylation is 1. The summed E-state index contributed by atoms with van der Waals surface area (Å²) in [5, 5.41) is 0. The summed E-state index contributed by atoms with van der Waals surface area (Å²) in [7, 11) is 0. The van der Waals surface area contributed by atoms with E-state index < -0.39 is 0 Å². The first-order valence-electron chi connectivity index (χ1n) is 7.63. The Balaban J connectivity index is 2.32. The number of nitrogens with two attached hydrogens (primary N) is 1. The maximum atomic E-state index is 6.23. The van der Waals surface area contributed by atoms with E-state index in [9.17, 15) is 0 Å². The van der Waals surface area contributed by atoms with Gasteiger partial charge in [0.25, 0.3) is 0 Å². The lowest BCUT2D eigenvalue weighted by atomic mass is 9.82. The summed E-state index contributed by atoms with van der Waals surface area (Å²) in [6.07, 6.45) is 2.45. The summed E-state index contributed by atoms with van der Waals surface area (Å²) in [6, 6.07) is 2.20. The van der Waals surface area contributed by atoms with E-state index in [0.717, 1.165) is 30.3 Å². The molecule has 1 aliphatic rings. The molecule has 1 fully saturated rings. The van der Waals surface area contributed by atoms with Gasteiger partial charge in [-0.15, -0.1) is 0 Å². The van der Waals surface area contributed by atoms with E-state index >= 15 is 0 Å². The molecule has 0 spiro atoms. The van der Waals surface area contributed by atoms with Crippen LogP contribution in [-0.4, -0.2) is 18.1 Å². The summed E-state index contributed by atoms with van der Waals surface area (Å²) < 4.78 is 0. The number of rotatable bonds is 1. The topological polar surface area (TPSA) is 42.2 Å². The number of hydrogen-bond donors (Lipinski definition) is 1. The summed E-state index contributed by atoms with van der Waals surface area (Å²) in [6.45, 7) is 15.5. The molecule has 0 unspecified atom stereocenters. The molecule has 1 aromatic heterocycles. The normalized spacial score (nSPS) is 19.2. The number of pyridine rings is 1. The zero-order valence-electron chi connectivity index (χ0n) is 13.9. The quantitative estimate of drug-likeness (QED) is 0.845. The van der Waals surface area contributed by atoms with Gasteiger partial charge in [0.2, 0.25) is 0 Å². The van der Waals surface area contributed by atoms with Crippen LogP contribution in [-0.2, 0) is 5.41 Å². The molecule has 1 saturated heterocycles. The van der Waals surface area contributed by atoms with Crippen molar-refractivity contribution in [1.29, 1.82) is 0 Å². The van der Waals surface area contributed by atoms with E-state index in [-0.39, 0.29) is 5.41 Å². The molecule has 0 saturated carbocycles. The first-order chi connectivity index (χ1) is 9.10. The largest absolute Gasteiger partial charge is 0.397 e. The van der Waals surface area contributed by atoms with Crippen molar-refractivity contribution in [3.05, 3.63) is 17.3 Å². The average molecular weight is 275 g/mol. The lowest BCUT2D eigenvalue weighted by Crippen LogP contribution is -2.38. The highest BCUT2D eigenvalue weighted by atomic mass is 15.2. The first-order valence-corrected chi connectivity index (χ1v) is 7.63. The van der Waals surface area contributed by atoms with Gasteiger partial charge < -0.3 is 10.6 Å². The summed E-state index contributed by atoms with van der Waals surface area (Å²) in [5.74, 6) is 1.09. The van der Waals surface area contributed by atoms with E-state index in [0.29, 0.717) is 5.41 Å². The van der Waals surface area contributed by atoms with Crippen LogP contribution < -0.4 is 10.6 Å². The predicted molar refractivity (Wildman–Crippen MR) is 87.3 cm³/mol. The van der Waals surface area contributed by atoms with Gasteiger partial charge in [-0.2, -0.15) is 0 Å². The van der Waals surface area contributed by atoms with Crippen LogP contribution in [0, 0.1) is 12.3 Å². The Morgan fingerprint density at radius 2 is 1.75 bits per heavy atom. The van der Waals surface area contributed by atoms with Gasteiger partial charge in [-0.05, 0) is 42.2 Å². The van der Waals surface area contributed by atoms with Gasteiger partial charge in [-0.1, -0.05) is 34.6 Å². The Labute approximate surface area is 123 Å². The predicted octanol–water partition coefficient (Wildman–Crippen LogP) is 3.90. The van der Waals surface area contributed by atoms with Crippen molar-refractivity contribution in [2.75, 3.05) is 23.7 Å². The number of hydrogen-bond acceptors (Lipinski definition) is 3. The first kappa shape index (κ1) is 15.1. The molecule has 112 valence electrons. The number of aromatic nitrogens is 1. The molecule has 0 bridgehead atoms. The van der Waals surface area contributed by atoms with Gasteiger partial charge in [-0.25, -0.2) is 4.98 Å². The lowest BCUT2D eigenvalue weighted by molar-refractivity contribution is 0.279. The molecule has 20 heavy (non-hydrogen) atoms. The molecule has 2 N–H and O–H groups in total. The third kappa shape index (κ3) is 3.08. The molecule has 0 aromatic carbocycles. The molecule has 0 aliphatic carbocycles. The Bertz CT molecular complexity index is 488. The van der Waals surface area contributed by atoms with Crippen LogP contribution in [0.1, 0.15) is 58.7 Å². The van der Waals surface area contributed by atoms with Gasteiger partial charge >= 0.3 is 0 Å². The molecule has 0 atom stereocenters. The molecular formula is C17H29N3. The molecule has 0 radical (unpaired) electrons. The van der Waals surface area contributed by atoms with Crippen LogP contribution in [0.15, 0.2) is 6.07 Å². The van der Waals surface area contributed by atoms with Crippen LogP contribution in [0.2, 0.25) is 0 Å². The smallest absolute Gasteiger partial charge is 0.129 e. The Morgan fingerprint density at radius 1 is 1.20 bits per heavy atom. The van der Waals surface area contributed by atoms with Crippen molar-refractivity contribution in [3.63, 3.8) is 0 Å². The van der Waals surface area contributed by atoms with Gasteiger partial charge in [0, 0.05) is 13.1 Å². The third-order valence-corrected chi connectivity index (χ3v) is 4.48. The second kappa shape index (κ2) is 4.94. The van der Waals surface area contributed by atoms with Crippen molar-refractivity contribution >= 4 is 11.5 Å². The van der Waals surface area contributed by atoms with E-state index in [2.05, 4.69) is 45.6 Å². The van der Waals surface area contributed by atoms with Crippen molar-refractivity contribution in [2.24, 2.45) is 5.41 Å². The second-order valence-corrected chi connectivity index (χ2v) is 7.93. The molecule has 3 nitrogen and oxygen atoms in total. The fraction of sp³-hybridized carbons (Fsp3) is 0.706. The van der Waals surface area contributed by atoms with Crippen LogP contribution in [0.4, 0.5) is 11.5 Å². The maximum Gasteiger partial charge on any atom is 0.129 e. The molecule has 2 heterocycles. The monoisotopic (exact) mass is 275 g/mol. The zero-order valence-corrected chi connectivity index (χ0v) is 13.9. The van der Waals surface area contributed by atoms with E-state index in [4.69, 9.17) is 10.7 Å². The van der Waals surface area contributed by atoms with Crippen molar-refractivity contribution < 1.29 is 0 Å². The van der Waals surface area contributed by atoms with Crippen molar-refractivity contribution in [2.45, 2.75) is 59.8 Å². The molecule has 3 heteroatoms. The SMILES string of the molecule is Cc1nc(N2CCC(C)(C)CC2)cc(C(C)(C)C)c1N. The highest BCUT2D eigenvalue weighted by Crippen LogP contribution is 2.35. The molecule has 1 aromatic rings. The molecule has 2 rings (SSSR count). The summed E-state index contributed by atoms with van der Waals surface area (Å²) >= 11 is 0. The minimum absolute atomic E-state index is 0.0571. The van der Waals surface area contributed by atoms with Crippen LogP contribution in [0.5, 0.6) is 0 Å². The molecular weight excluding hydrogens is 246 g/mol. The lowest BCUT2D eigenvalue weighted by Gasteiger charge is -2.38. The Hall–Kier alpha value is -1.25. The van der Waals surface area contributed by atoms with Gasteiger partial charge in [0.15, 0.2) is 0 Å². The fourth-order valence-electron chi connectivity index (χ4n) is 2.79. The number of nitrogen functional groups attached to an aromatic ring is 1. The zero-order chi connectivity index (χ0) is 15.1. The summed E-state index contributed by atoms with van der Waals surface area (Å²) in [5.41, 5.74) is 9.77. The standard InChI is InChI=1S/C17H29N3/c1-12-15(18)13(16(2,3)4)11-14(19-12)20-9-7-17(5,6)8-10-20/h11H,7-10,18H2,1-6H3. The second-order valence-electron chi connectivity index (χ2n) is 7.93. The maximum absolute atomic E-state index is 6.23. The number of nitrogens with zero attached hydrogens (tertiary/aromatic N) is 2. The number of anilines is 2. The average Bonchev–Trinajstić information content (AvgIpc) is 2.31. The van der Waals surface area contributed by atoms with Crippen LogP contribution in [0.25, 0.3) is 0 Å². The van der Waals surface area contributed by atoms with E-state index in [1.807, 2.05) is 6.92 Å². The number of piperidine rings is 1. The Kier molecular flexibility index (Phi) is 3.74. The van der Waals surface area contributed by atoms with Crippen LogP contribution in [0.3, 0.4) is 0 Å². The fourth-order valence-corrected chi connectivity index (χ4v) is 2.79. The van der Waals surface area contributed by atoms with Crippen LogP contribution >= 0.6 is 0 Å². The van der Waals surface area contributed by atoms with Gasteiger partial charge in [0.1, 0.15) is 5.82 Å². The minimum atomic E-state index is 0.0571. The minimum Gasteiger partial charge on any atom is -0.397 e. The highest BCUT2D eigenvalue weighted by Gasteiger charge is 2.27. The molecule has 1 aliphatic heterocycles. The third-order valence-electron chi connectivity index (χ3n) is 4.48. The molecule has 0 amide bonds. The van der Waals surface area contributed by atoms with Crippen molar-refractivity contribution in [3.8, 4) is 0 Å². The van der Waals surface area contributed by atoms with E-state index in [1.54, 1.807) is 0 Å². The van der Waals surface area contributed by atoms with E-state index in [1.165, 1.54) is 18.4 Å².